The molecule has 6 nitrogen and oxygen atoms in total. The van der Waals surface area contributed by atoms with Crippen molar-refractivity contribution < 1.29 is 21.6 Å². The van der Waals surface area contributed by atoms with E-state index in [0.29, 0.717) is 13.1 Å². The van der Waals surface area contributed by atoms with E-state index in [9.17, 15) is 21.6 Å². The highest BCUT2D eigenvalue weighted by molar-refractivity contribution is 7.89. The lowest BCUT2D eigenvalue weighted by Crippen LogP contribution is -2.57. The first-order valence-corrected chi connectivity index (χ1v) is 9.38. The van der Waals surface area contributed by atoms with Crippen LogP contribution in [0.1, 0.15) is 0 Å². The fourth-order valence-electron chi connectivity index (χ4n) is 2.64. The van der Waals surface area contributed by atoms with E-state index in [1.165, 1.54) is 17.0 Å². The molecule has 2 N–H and O–H groups in total. The number of halogens is 4. The van der Waals surface area contributed by atoms with Crippen molar-refractivity contribution in [2.75, 3.05) is 51.7 Å². The van der Waals surface area contributed by atoms with Crippen LogP contribution in [-0.4, -0.2) is 72.4 Å². The average Bonchev–Trinajstić information content (AvgIpc) is 2.54. The molecule has 1 saturated heterocycles. The van der Waals surface area contributed by atoms with Crippen molar-refractivity contribution in [3.05, 3.63) is 24.3 Å². The lowest BCUT2D eigenvalue weighted by Gasteiger charge is -2.35. The van der Waals surface area contributed by atoms with Crippen LogP contribution in [0.25, 0.3) is 0 Å². The molecule has 1 aromatic rings. The molecule has 1 heterocycles. The second kappa shape index (κ2) is 9.23. The zero-order valence-electron chi connectivity index (χ0n) is 14.6. The summed E-state index contributed by atoms with van der Waals surface area (Å²) in [5.74, 6) is 0. The molecule has 1 aromatic carbocycles. The molecule has 1 aliphatic rings. The molecule has 0 saturated carbocycles. The summed E-state index contributed by atoms with van der Waals surface area (Å²) in [6.07, 6.45) is -4.51. The minimum atomic E-state index is -4.51. The predicted molar refractivity (Wildman–Crippen MR) is 97.5 cm³/mol. The van der Waals surface area contributed by atoms with Crippen molar-refractivity contribution in [1.29, 1.82) is 0 Å². The van der Waals surface area contributed by atoms with Gasteiger partial charge in [-0.1, -0.05) is 0 Å². The monoisotopic (exact) mass is 416 g/mol. The number of anilines is 1. The zero-order chi connectivity index (χ0) is 18.7. The van der Waals surface area contributed by atoms with Crippen LogP contribution in [0.15, 0.2) is 29.2 Å². The maximum absolute atomic E-state index is 13.3. The fraction of sp³-hybridized carbons (Fsp3) is 0.600. The topological polar surface area (TPSA) is 64.7 Å². The Balaban J connectivity index is 0.00000338. The van der Waals surface area contributed by atoms with Crippen LogP contribution >= 0.6 is 12.4 Å². The SMILES string of the molecule is CN(C)c1ccc(S(=O)(=O)NCC(N2CCNCC2)C(F)(F)F)cc1.Cl. The van der Waals surface area contributed by atoms with Gasteiger partial charge in [0.05, 0.1) is 4.90 Å². The smallest absolute Gasteiger partial charge is 0.378 e. The Hall–Kier alpha value is -1.07. The molecule has 1 unspecified atom stereocenters. The van der Waals surface area contributed by atoms with Crippen LogP contribution in [0, 0.1) is 0 Å². The second-order valence-corrected chi connectivity index (χ2v) is 7.85. The molecule has 2 rings (SSSR count). The minimum Gasteiger partial charge on any atom is -0.378 e. The van der Waals surface area contributed by atoms with Gasteiger partial charge in [0.1, 0.15) is 6.04 Å². The molecule has 0 radical (unpaired) electrons. The Morgan fingerprint density at radius 3 is 2.19 bits per heavy atom. The summed E-state index contributed by atoms with van der Waals surface area (Å²) in [5.41, 5.74) is 0.799. The van der Waals surface area contributed by atoms with E-state index >= 15 is 0 Å². The van der Waals surface area contributed by atoms with Crippen molar-refractivity contribution in [1.82, 2.24) is 14.9 Å². The Labute approximate surface area is 158 Å². The standard InChI is InChI=1S/C15H23F3N4O2S.ClH/c1-21(2)12-3-5-13(6-4-12)25(23,24)20-11-14(15(16,17)18)22-9-7-19-8-10-22;/h3-6,14,19-20H,7-11H2,1-2H3;1H. The third-order valence-corrected chi connectivity index (χ3v) is 5.54. The van der Waals surface area contributed by atoms with Gasteiger partial charge in [-0.25, -0.2) is 13.1 Å². The highest BCUT2D eigenvalue weighted by Crippen LogP contribution is 2.25. The summed E-state index contributed by atoms with van der Waals surface area (Å²) in [6, 6.07) is 4.12. The van der Waals surface area contributed by atoms with Gasteiger partial charge >= 0.3 is 6.18 Å². The van der Waals surface area contributed by atoms with Gasteiger partial charge in [-0.05, 0) is 24.3 Å². The van der Waals surface area contributed by atoms with Gasteiger partial charge in [-0.15, -0.1) is 12.4 Å². The molecule has 26 heavy (non-hydrogen) atoms. The largest absolute Gasteiger partial charge is 0.405 e. The van der Waals surface area contributed by atoms with Crippen LogP contribution in [0.4, 0.5) is 18.9 Å². The summed E-state index contributed by atoms with van der Waals surface area (Å²) < 4.78 is 66.7. The highest BCUT2D eigenvalue weighted by Gasteiger charge is 2.44. The predicted octanol–water partition coefficient (Wildman–Crippen LogP) is 1.29. The first-order valence-electron chi connectivity index (χ1n) is 7.90. The van der Waals surface area contributed by atoms with Crippen molar-refractivity contribution in [2.45, 2.75) is 17.1 Å². The molecular formula is C15H24ClF3N4O2S. The Bertz CT molecular complexity index is 662. The third kappa shape index (κ3) is 5.98. The van der Waals surface area contributed by atoms with E-state index in [1.54, 1.807) is 17.0 Å². The lowest BCUT2D eigenvalue weighted by atomic mass is 10.2. The highest BCUT2D eigenvalue weighted by atomic mass is 35.5. The van der Waals surface area contributed by atoms with Crippen molar-refractivity contribution in [3.63, 3.8) is 0 Å². The molecule has 1 atom stereocenters. The molecule has 1 aliphatic heterocycles. The summed E-state index contributed by atoms with van der Waals surface area (Å²) >= 11 is 0. The van der Waals surface area contributed by atoms with Gasteiger partial charge in [0.2, 0.25) is 10.0 Å². The van der Waals surface area contributed by atoms with E-state index < -0.39 is 28.8 Å². The van der Waals surface area contributed by atoms with Crippen LogP contribution in [0.3, 0.4) is 0 Å². The first kappa shape index (κ1) is 23.0. The number of alkyl halides is 3. The van der Waals surface area contributed by atoms with Gasteiger partial charge in [-0.2, -0.15) is 13.2 Å². The molecule has 0 spiro atoms. The molecule has 0 bridgehead atoms. The van der Waals surface area contributed by atoms with E-state index in [4.69, 9.17) is 0 Å². The number of piperazine rings is 1. The molecule has 0 aromatic heterocycles. The van der Waals surface area contributed by atoms with E-state index in [0.717, 1.165) is 5.69 Å². The molecule has 0 amide bonds. The summed E-state index contributed by atoms with van der Waals surface area (Å²) in [6.45, 7) is 0.644. The fourth-order valence-corrected chi connectivity index (χ4v) is 3.68. The van der Waals surface area contributed by atoms with Gasteiger partial charge < -0.3 is 10.2 Å². The van der Waals surface area contributed by atoms with Gasteiger partial charge in [0, 0.05) is 52.5 Å². The number of nitrogens with one attached hydrogen (secondary N) is 2. The number of benzene rings is 1. The van der Waals surface area contributed by atoms with Gasteiger partial charge in [0.15, 0.2) is 0 Å². The quantitative estimate of drug-likeness (QED) is 0.731. The van der Waals surface area contributed by atoms with E-state index in [-0.39, 0.29) is 30.4 Å². The second-order valence-electron chi connectivity index (χ2n) is 6.08. The molecular weight excluding hydrogens is 393 g/mol. The first-order chi connectivity index (χ1) is 11.6. The van der Waals surface area contributed by atoms with Crippen LogP contribution in [0.5, 0.6) is 0 Å². The van der Waals surface area contributed by atoms with Crippen LogP contribution < -0.4 is 14.9 Å². The maximum Gasteiger partial charge on any atom is 0.405 e. The number of nitrogens with zero attached hydrogens (tertiary/aromatic N) is 2. The van der Waals surface area contributed by atoms with Crippen LogP contribution in [-0.2, 0) is 10.0 Å². The summed E-state index contributed by atoms with van der Waals surface area (Å²) in [4.78, 5) is 3.00. The Kier molecular flexibility index (Phi) is 8.15. The maximum atomic E-state index is 13.3. The zero-order valence-corrected chi connectivity index (χ0v) is 16.2. The number of rotatable bonds is 6. The van der Waals surface area contributed by atoms with E-state index in [1.807, 2.05) is 14.1 Å². The summed E-state index contributed by atoms with van der Waals surface area (Å²) in [7, 11) is -0.390. The average molecular weight is 417 g/mol. The van der Waals surface area contributed by atoms with E-state index in [2.05, 4.69) is 10.0 Å². The number of hydrogen-bond acceptors (Lipinski definition) is 5. The molecule has 11 heteroatoms. The third-order valence-electron chi connectivity index (χ3n) is 4.10. The molecule has 1 fully saturated rings. The van der Waals surface area contributed by atoms with Crippen molar-refractivity contribution >= 4 is 28.1 Å². The minimum absolute atomic E-state index is 0. The van der Waals surface area contributed by atoms with Gasteiger partial charge in [0.25, 0.3) is 0 Å². The van der Waals surface area contributed by atoms with Crippen molar-refractivity contribution in [2.24, 2.45) is 0 Å². The Morgan fingerprint density at radius 2 is 1.73 bits per heavy atom. The summed E-state index contributed by atoms with van der Waals surface area (Å²) in [5, 5.41) is 2.98. The number of sulfonamides is 1. The normalized spacial score (nSPS) is 17.4. The Morgan fingerprint density at radius 1 is 1.19 bits per heavy atom. The van der Waals surface area contributed by atoms with Gasteiger partial charge in [-0.3, -0.25) is 4.90 Å². The van der Waals surface area contributed by atoms with Crippen LogP contribution in [0.2, 0.25) is 0 Å². The number of hydrogen-bond donors (Lipinski definition) is 2. The van der Waals surface area contributed by atoms with Crippen molar-refractivity contribution in [3.8, 4) is 0 Å². The lowest BCUT2D eigenvalue weighted by molar-refractivity contribution is -0.182. The molecule has 150 valence electrons. The molecule has 0 aliphatic carbocycles.